The van der Waals surface area contributed by atoms with Gasteiger partial charge in [0.2, 0.25) is 0 Å². The Labute approximate surface area is 163 Å². The molecule has 0 aliphatic heterocycles. The summed E-state index contributed by atoms with van der Waals surface area (Å²) in [6.07, 6.45) is -0.232. The first-order chi connectivity index (χ1) is 13.3. The summed E-state index contributed by atoms with van der Waals surface area (Å²) in [4.78, 5) is 23.2. The fourth-order valence-electron chi connectivity index (χ4n) is 3.58. The second kappa shape index (κ2) is 7.17. The smallest absolute Gasteiger partial charge is 0.329 e. The van der Waals surface area contributed by atoms with Gasteiger partial charge >= 0.3 is 7.60 Å². The molecule has 2 aromatic carbocycles. The third kappa shape index (κ3) is 3.74. The molecular formula is C22H23N2O3P. The van der Waals surface area contributed by atoms with E-state index >= 15 is 0 Å². The molecule has 6 heteroatoms. The third-order valence-corrected chi connectivity index (χ3v) is 5.76. The van der Waals surface area contributed by atoms with Crippen molar-refractivity contribution in [3.8, 4) is 0 Å². The summed E-state index contributed by atoms with van der Waals surface area (Å²) >= 11 is 0. The molecule has 0 bridgehead atoms. The Bertz CT molecular complexity index is 1190. The lowest BCUT2D eigenvalue weighted by Crippen LogP contribution is -2.00. The van der Waals surface area contributed by atoms with Crippen LogP contribution in [0.4, 0.5) is 0 Å². The maximum absolute atomic E-state index is 11.2. The number of aromatic nitrogens is 2. The molecule has 144 valence electrons. The molecule has 0 aliphatic rings. The Morgan fingerprint density at radius 3 is 2.29 bits per heavy atom. The van der Waals surface area contributed by atoms with Crippen LogP contribution in [0, 0.1) is 0 Å². The monoisotopic (exact) mass is 394 g/mol. The molecule has 0 atom stereocenters. The van der Waals surface area contributed by atoms with E-state index in [9.17, 15) is 4.57 Å². The van der Waals surface area contributed by atoms with Crippen molar-refractivity contribution in [3.05, 3.63) is 77.5 Å². The number of hydrogen-bond acceptors (Lipinski definition) is 2. The SMILES string of the molecule is CC(C)c1ccc2c(n1)c1ccccc1n2Cc1ccc(CP(=O)(O)O)cc1. The lowest BCUT2D eigenvalue weighted by Gasteiger charge is -2.10. The van der Waals surface area contributed by atoms with Crippen LogP contribution in [0.15, 0.2) is 60.7 Å². The van der Waals surface area contributed by atoms with E-state index in [0.717, 1.165) is 33.2 Å². The topological polar surface area (TPSA) is 75.4 Å². The summed E-state index contributed by atoms with van der Waals surface area (Å²) in [5.74, 6) is 0.369. The molecule has 0 spiro atoms. The van der Waals surface area contributed by atoms with Crippen LogP contribution in [0.2, 0.25) is 0 Å². The quantitative estimate of drug-likeness (QED) is 0.465. The van der Waals surface area contributed by atoms with Gasteiger partial charge in [-0.15, -0.1) is 0 Å². The van der Waals surface area contributed by atoms with Crippen molar-refractivity contribution in [2.75, 3.05) is 0 Å². The summed E-state index contributed by atoms with van der Waals surface area (Å²) in [6.45, 7) is 4.96. The molecule has 0 amide bonds. The molecule has 4 aromatic rings. The van der Waals surface area contributed by atoms with Crippen LogP contribution < -0.4 is 0 Å². The minimum absolute atomic E-state index is 0.232. The van der Waals surface area contributed by atoms with Crippen molar-refractivity contribution in [2.45, 2.75) is 32.5 Å². The average molecular weight is 394 g/mol. The number of nitrogens with zero attached hydrogens (tertiary/aromatic N) is 2. The van der Waals surface area contributed by atoms with Crippen LogP contribution >= 0.6 is 7.60 Å². The van der Waals surface area contributed by atoms with E-state index in [4.69, 9.17) is 14.8 Å². The van der Waals surface area contributed by atoms with E-state index in [0.29, 0.717) is 18.0 Å². The zero-order valence-corrected chi connectivity index (χ0v) is 16.8. The number of pyridine rings is 1. The highest BCUT2D eigenvalue weighted by atomic mass is 31.2. The van der Waals surface area contributed by atoms with E-state index in [2.05, 4.69) is 42.7 Å². The Kier molecular flexibility index (Phi) is 4.84. The maximum Gasteiger partial charge on any atom is 0.329 e. The predicted molar refractivity (Wildman–Crippen MR) is 113 cm³/mol. The predicted octanol–water partition coefficient (Wildman–Crippen LogP) is 5.04. The summed E-state index contributed by atoms with van der Waals surface area (Å²) in [5, 5.41) is 1.14. The third-order valence-electron chi connectivity index (χ3n) is 4.98. The largest absolute Gasteiger partial charge is 0.335 e. The fourth-order valence-corrected chi connectivity index (χ4v) is 4.27. The molecule has 2 N–H and O–H groups in total. The highest BCUT2D eigenvalue weighted by Gasteiger charge is 2.15. The molecule has 0 fully saturated rings. The highest BCUT2D eigenvalue weighted by Crippen LogP contribution is 2.39. The Hall–Kier alpha value is -2.46. The zero-order valence-electron chi connectivity index (χ0n) is 15.9. The number of fused-ring (bicyclic) bond motifs is 3. The molecule has 5 nitrogen and oxygen atoms in total. The second-order valence-electron chi connectivity index (χ2n) is 7.50. The number of hydrogen-bond donors (Lipinski definition) is 2. The summed E-state index contributed by atoms with van der Waals surface area (Å²) in [5.41, 5.74) is 6.03. The van der Waals surface area contributed by atoms with Gasteiger partial charge in [0.25, 0.3) is 0 Å². The molecule has 0 saturated carbocycles. The molecule has 2 heterocycles. The first-order valence-electron chi connectivity index (χ1n) is 9.32. The van der Waals surface area contributed by atoms with Crippen molar-refractivity contribution in [3.63, 3.8) is 0 Å². The standard InChI is InChI=1S/C22H23N2O3P/c1-15(2)19-11-12-21-22(23-19)18-5-3-4-6-20(18)24(21)13-16-7-9-17(10-8-16)14-28(25,26)27/h3-12,15H,13-14H2,1-2H3,(H2,25,26,27). The van der Waals surface area contributed by atoms with Gasteiger partial charge in [0.1, 0.15) is 0 Å². The minimum atomic E-state index is -4.05. The van der Waals surface area contributed by atoms with Crippen molar-refractivity contribution in [2.24, 2.45) is 0 Å². The van der Waals surface area contributed by atoms with Crippen LogP contribution in [-0.4, -0.2) is 19.3 Å². The normalized spacial score (nSPS) is 12.3. The number of benzene rings is 2. The fraction of sp³-hybridized carbons (Fsp3) is 0.227. The number of rotatable bonds is 5. The number of para-hydroxylation sites is 1. The summed E-state index contributed by atoms with van der Waals surface area (Å²) in [6, 6.07) is 19.9. The van der Waals surface area contributed by atoms with Crippen molar-refractivity contribution < 1.29 is 14.4 Å². The van der Waals surface area contributed by atoms with Gasteiger partial charge in [0, 0.05) is 17.6 Å². The molecule has 4 rings (SSSR count). The van der Waals surface area contributed by atoms with Crippen LogP contribution in [0.5, 0.6) is 0 Å². The van der Waals surface area contributed by atoms with Gasteiger partial charge in [-0.25, -0.2) is 0 Å². The molecule has 0 aliphatic carbocycles. The first-order valence-corrected chi connectivity index (χ1v) is 11.1. The average Bonchev–Trinajstić information content (AvgIpc) is 2.96. The Morgan fingerprint density at radius 2 is 1.61 bits per heavy atom. The van der Waals surface area contributed by atoms with Crippen molar-refractivity contribution in [1.82, 2.24) is 9.55 Å². The van der Waals surface area contributed by atoms with Crippen molar-refractivity contribution >= 4 is 29.5 Å². The van der Waals surface area contributed by atoms with Gasteiger partial charge in [-0.05, 0) is 35.2 Å². The van der Waals surface area contributed by atoms with Crippen LogP contribution in [-0.2, 0) is 17.3 Å². The van der Waals surface area contributed by atoms with Crippen LogP contribution in [0.25, 0.3) is 21.9 Å². The zero-order chi connectivity index (χ0) is 19.9. The molecule has 28 heavy (non-hydrogen) atoms. The summed E-state index contributed by atoms with van der Waals surface area (Å²) in [7, 11) is -4.05. The van der Waals surface area contributed by atoms with Gasteiger partial charge in [-0.1, -0.05) is 56.3 Å². The van der Waals surface area contributed by atoms with E-state index in [-0.39, 0.29) is 6.16 Å². The van der Waals surface area contributed by atoms with Crippen LogP contribution in [0.3, 0.4) is 0 Å². The van der Waals surface area contributed by atoms with Gasteiger partial charge in [-0.3, -0.25) is 9.55 Å². The lowest BCUT2D eigenvalue weighted by molar-refractivity contribution is 0.371. The maximum atomic E-state index is 11.2. The summed E-state index contributed by atoms with van der Waals surface area (Å²) < 4.78 is 13.4. The highest BCUT2D eigenvalue weighted by molar-refractivity contribution is 7.50. The van der Waals surface area contributed by atoms with E-state index in [1.807, 2.05) is 24.3 Å². The Morgan fingerprint density at radius 1 is 0.929 bits per heavy atom. The molecule has 0 saturated heterocycles. The Balaban J connectivity index is 1.76. The van der Waals surface area contributed by atoms with Crippen molar-refractivity contribution in [1.29, 1.82) is 0 Å². The van der Waals surface area contributed by atoms with E-state index < -0.39 is 7.60 Å². The first kappa shape index (κ1) is 18.9. The van der Waals surface area contributed by atoms with Gasteiger partial charge in [0.15, 0.2) is 0 Å². The minimum Gasteiger partial charge on any atom is -0.335 e. The van der Waals surface area contributed by atoms with Gasteiger partial charge in [-0.2, -0.15) is 0 Å². The molecule has 2 aromatic heterocycles. The van der Waals surface area contributed by atoms with Gasteiger partial charge < -0.3 is 14.4 Å². The second-order valence-corrected chi connectivity index (χ2v) is 9.15. The van der Waals surface area contributed by atoms with Crippen LogP contribution in [0.1, 0.15) is 36.6 Å². The molecular weight excluding hydrogens is 371 g/mol. The molecule has 0 radical (unpaired) electrons. The van der Waals surface area contributed by atoms with Gasteiger partial charge in [0.05, 0.1) is 22.7 Å². The molecule has 0 unspecified atom stereocenters. The van der Waals surface area contributed by atoms with E-state index in [1.54, 1.807) is 12.1 Å². The lowest BCUT2D eigenvalue weighted by atomic mass is 10.1. The van der Waals surface area contributed by atoms with E-state index in [1.165, 1.54) is 0 Å².